The van der Waals surface area contributed by atoms with Gasteiger partial charge in [0.05, 0.1) is 5.54 Å². The van der Waals surface area contributed by atoms with Gasteiger partial charge in [0.1, 0.15) is 5.60 Å². The molecule has 1 fully saturated rings. The maximum absolute atomic E-state index is 6.55. The van der Waals surface area contributed by atoms with Gasteiger partial charge in [0.25, 0.3) is 0 Å². The first-order chi connectivity index (χ1) is 9.99. The molecule has 5 heteroatoms. The van der Waals surface area contributed by atoms with Crippen molar-refractivity contribution in [2.75, 3.05) is 6.61 Å². The highest BCUT2D eigenvalue weighted by atomic mass is 16.5. The fourth-order valence-corrected chi connectivity index (χ4v) is 3.51. The second-order valence-electron chi connectivity index (χ2n) is 6.42. The Morgan fingerprint density at radius 3 is 2.67 bits per heavy atom. The van der Waals surface area contributed by atoms with E-state index < -0.39 is 11.1 Å². The summed E-state index contributed by atoms with van der Waals surface area (Å²) >= 11 is 0. The summed E-state index contributed by atoms with van der Waals surface area (Å²) in [5, 5.41) is 4.20. The Morgan fingerprint density at radius 2 is 2.10 bits per heavy atom. The molecule has 2 unspecified atom stereocenters. The maximum atomic E-state index is 6.55. The Morgan fingerprint density at radius 1 is 1.38 bits per heavy atom. The fourth-order valence-electron chi connectivity index (χ4n) is 3.51. The number of hydrogen-bond donors (Lipinski definition) is 1. The fraction of sp³-hybridized carbons (Fsp3) is 0.875. The number of aromatic nitrogens is 2. The quantitative estimate of drug-likeness (QED) is 0.869. The lowest BCUT2D eigenvalue weighted by Crippen LogP contribution is -2.41. The number of ether oxygens (including phenoxy) is 1. The minimum Gasteiger partial charge on any atom is -0.367 e. The van der Waals surface area contributed by atoms with Crippen LogP contribution in [0.1, 0.15) is 77.9 Å². The number of nitrogens with zero attached hydrogens (tertiary/aromatic N) is 2. The van der Waals surface area contributed by atoms with Crippen molar-refractivity contribution >= 4 is 0 Å². The van der Waals surface area contributed by atoms with Crippen LogP contribution in [-0.4, -0.2) is 16.7 Å². The molecule has 0 bridgehead atoms. The Balaban J connectivity index is 2.28. The van der Waals surface area contributed by atoms with Crippen molar-refractivity contribution in [2.24, 2.45) is 11.7 Å². The average molecular weight is 295 g/mol. The van der Waals surface area contributed by atoms with Crippen LogP contribution < -0.4 is 5.73 Å². The lowest BCUT2D eigenvalue weighted by molar-refractivity contribution is -0.0583. The van der Waals surface area contributed by atoms with Gasteiger partial charge in [-0.05, 0) is 38.5 Å². The Labute approximate surface area is 127 Å². The van der Waals surface area contributed by atoms with Gasteiger partial charge in [-0.25, -0.2) is 0 Å². The summed E-state index contributed by atoms with van der Waals surface area (Å²) in [6, 6.07) is 0. The molecule has 2 atom stereocenters. The molecular weight excluding hydrogens is 266 g/mol. The molecule has 0 aliphatic heterocycles. The van der Waals surface area contributed by atoms with E-state index in [1.807, 2.05) is 6.92 Å². The Kier molecular flexibility index (Phi) is 5.04. The lowest BCUT2D eigenvalue weighted by atomic mass is 9.77. The summed E-state index contributed by atoms with van der Waals surface area (Å²) in [7, 11) is 0. The van der Waals surface area contributed by atoms with Crippen LogP contribution in [0.4, 0.5) is 0 Å². The van der Waals surface area contributed by atoms with Crippen LogP contribution in [0.15, 0.2) is 4.52 Å². The van der Waals surface area contributed by atoms with Gasteiger partial charge in [0.2, 0.25) is 11.7 Å². The molecule has 120 valence electrons. The van der Waals surface area contributed by atoms with Gasteiger partial charge in [0.15, 0.2) is 0 Å². The summed E-state index contributed by atoms with van der Waals surface area (Å²) < 4.78 is 11.5. The van der Waals surface area contributed by atoms with Crippen molar-refractivity contribution < 1.29 is 9.26 Å². The summed E-state index contributed by atoms with van der Waals surface area (Å²) in [6.45, 7) is 9.05. The molecule has 0 spiro atoms. The Hall–Kier alpha value is -0.940. The highest BCUT2D eigenvalue weighted by Crippen LogP contribution is 2.38. The third-order valence-corrected chi connectivity index (χ3v) is 4.85. The van der Waals surface area contributed by atoms with Gasteiger partial charge in [-0.3, -0.25) is 0 Å². The normalized spacial score (nSPS) is 27.0. The van der Waals surface area contributed by atoms with Gasteiger partial charge in [-0.2, -0.15) is 4.98 Å². The molecule has 1 saturated carbocycles. The summed E-state index contributed by atoms with van der Waals surface area (Å²) in [4.78, 5) is 4.65. The van der Waals surface area contributed by atoms with Crippen LogP contribution in [0.5, 0.6) is 0 Å². The highest BCUT2D eigenvalue weighted by molar-refractivity contribution is 5.08. The molecule has 2 rings (SSSR count). The molecule has 0 amide bonds. The van der Waals surface area contributed by atoms with E-state index in [9.17, 15) is 0 Å². The SMILES string of the molecule is CCOC(CC)(CC)c1noc(C2(N)CCCC(C)C2)n1. The van der Waals surface area contributed by atoms with E-state index in [-0.39, 0.29) is 0 Å². The van der Waals surface area contributed by atoms with E-state index in [1.54, 1.807) is 0 Å². The van der Waals surface area contributed by atoms with Crippen LogP contribution in [-0.2, 0) is 15.9 Å². The molecule has 21 heavy (non-hydrogen) atoms. The first kappa shape index (κ1) is 16.4. The van der Waals surface area contributed by atoms with E-state index in [0.717, 1.165) is 32.1 Å². The summed E-state index contributed by atoms with van der Waals surface area (Å²) in [6.07, 6.45) is 5.82. The van der Waals surface area contributed by atoms with Gasteiger partial charge in [-0.15, -0.1) is 0 Å². The zero-order chi connectivity index (χ0) is 15.5. The van der Waals surface area contributed by atoms with E-state index in [1.165, 1.54) is 6.42 Å². The van der Waals surface area contributed by atoms with Crippen LogP contribution in [0, 0.1) is 5.92 Å². The minimum absolute atomic E-state index is 0.451. The van der Waals surface area contributed by atoms with E-state index in [4.69, 9.17) is 15.0 Å². The molecule has 0 saturated heterocycles. The van der Waals surface area contributed by atoms with Gasteiger partial charge in [-0.1, -0.05) is 38.8 Å². The van der Waals surface area contributed by atoms with Gasteiger partial charge < -0.3 is 15.0 Å². The third-order valence-electron chi connectivity index (χ3n) is 4.85. The van der Waals surface area contributed by atoms with Crippen molar-refractivity contribution in [3.63, 3.8) is 0 Å². The van der Waals surface area contributed by atoms with Crippen molar-refractivity contribution in [3.8, 4) is 0 Å². The maximum Gasteiger partial charge on any atom is 0.246 e. The van der Waals surface area contributed by atoms with E-state index >= 15 is 0 Å². The van der Waals surface area contributed by atoms with E-state index in [2.05, 4.69) is 30.9 Å². The molecule has 5 nitrogen and oxygen atoms in total. The molecule has 1 aromatic rings. The predicted molar refractivity (Wildman–Crippen MR) is 81.7 cm³/mol. The third kappa shape index (κ3) is 3.14. The van der Waals surface area contributed by atoms with Crippen molar-refractivity contribution in [1.82, 2.24) is 10.1 Å². The first-order valence-electron chi connectivity index (χ1n) is 8.27. The van der Waals surface area contributed by atoms with E-state index in [0.29, 0.717) is 24.2 Å². The smallest absolute Gasteiger partial charge is 0.246 e. The molecule has 2 N–H and O–H groups in total. The highest BCUT2D eigenvalue weighted by Gasteiger charge is 2.41. The molecular formula is C16H29N3O2. The first-order valence-corrected chi connectivity index (χ1v) is 8.27. The summed E-state index contributed by atoms with van der Waals surface area (Å²) in [5.74, 6) is 1.83. The van der Waals surface area contributed by atoms with Crippen molar-refractivity contribution in [1.29, 1.82) is 0 Å². The van der Waals surface area contributed by atoms with Gasteiger partial charge in [0, 0.05) is 6.61 Å². The molecule has 0 radical (unpaired) electrons. The number of hydrogen-bond acceptors (Lipinski definition) is 5. The largest absolute Gasteiger partial charge is 0.367 e. The standard InChI is InChI=1S/C16H29N3O2/c1-5-16(6-2,20-7-3)13-18-14(21-19-13)15(17)10-8-9-12(4)11-15/h12H,5-11,17H2,1-4H3. The molecule has 1 aliphatic carbocycles. The second kappa shape index (κ2) is 6.44. The second-order valence-corrected chi connectivity index (χ2v) is 6.42. The number of nitrogens with two attached hydrogens (primary N) is 1. The van der Waals surface area contributed by atoms with Gasteiger partial charge >= 0.3 is 0 Å². The molecule has 1 aliphatic rings. The van der Waals surface area contributed by atoms with Crippen molar-refractivity contribution in [3.05, 3.63) is 11.7 Å². The Bertz CT molecular complexity index is 456. The van der Waals surface area contributed by atoms with Crippen LogP contribution in [0.2, 0.25) is 0 Å². The molecule has 0 aromatic carbocycles. The zero-order valence-corrected chi connectivity index (χ0v) is 13.8. The topological polar surface area (TPSA) is 74.2 Å². The lowest BCUT2D eigenvalue weighted by Gasteiger charge is -2.33. The monoisotopic (exact) mass is 295 g/mol. The van der Waals surface area contributed by atoms with Crippen LogP contribution in [0.3, 0.4) is 0 Å². The van der Waals surface area contributed by atoms with Crippen LogP contribution >= 0.6 is 0 Å². The zero-order valence-electron chi connectivity index (χ0n) is 13.8. The molecule has 1 heterocycles. The minimum atomic E-state index is -0.470. The predicted octanol–water partition coefficient (Wildman–Crippen LogP) is 3.49. The average Bonchev–Trinajstić information content (AvgIpc) is 2.96. The van der Waals surface area contributed by atoms with Crippen LogP contribution in [0.25, 0.3) is 0 Å². The summed E-state index contributed by atoms with van der Waals surface area (Å²) in [5.41, 5.74) is 5.63. The molecule has 1 aromatic heterocycles. The number of rotatable bonds is 6. The van der Waals surface area contributed by atoms with Crippen molar-refractivity contribution in [2.45, 2.75) is 77.4 Å².